The molecule has 4 heteroatoms. The highest BCUT2D eigenvalue weighted by Gasteiger charge is 2.38. The highest BCUT2D eigenvalue weighted by molar-refractivity contribution is 5.89. The molecule has 2 fully saturated rings. The molecule has 1 aliphatic heterocycles. The molecule has 2 N–H and O–H groups in total. The van der Waals surface area contributed by atoms with Crippen molar-refractivity contribution in [2.45, 2.75) is 31.2 Å². The molecule has 2 amide bonds. The van der Waals surface area contributed by atoms with Crippen LogP contribution < -0.4 is 10.6 Å². The fourth-order valence-electron chi connectivity index (χ4n) is 3.87. The SMILES string of the molecule is O=C(Nc1ccccc1)N1CCC(CN[C@H]2CC2c2ccccc2)CC1. The van der Waals surface area contributed by atoms with Crippen molar-refractivity contribution >= 4 is 11.7 Å². The van der Waals surface area contributed by atoms with E-state index in [-0.39, 0.29) is 6.03 Å². The second-order valence-corrected chi connectivity index (χ2v) is 7.49. The number of amides is 2. The fourth-order valence-corrected chi connectivity index (χ4v) is 3.87. The van der Waals surface area contributed by atoms with Gasteiger partial charge in [0, 0.05) is 30.7 Å². The minimum absolute atomic E-state index is 0.0222. The topological polar surface area (TPSA) is 44.4 Å². The Morgan fingerprint density at radius 2 is 1.62 bits per heavy atom. The number of piperidine rings is 1. The first-order valence-corrected chi connectivity index (χ1v) is 9.69. The number of nitrogens with zero attached hydrogens (tertiary/aromatic N) is 1. The first kappa shape index (κ1) is 17.1. The Hall–Kier alpha value is -2.33. The smallest absolute Gasteiger partial charge is 0.321 e. The highest BCUT2D eigenvalue weighted by Crippen LogP contribution is 2.40. The van der Waals surface area contributed by atoms with Crippen molar-refractivity contribution in [3.8, 4) is 0 Å². The maximum atomic E-state index is 12.3. The minimum Gasteiger partial charge on any atom is -0.325 e. The quantitative estimate of drug-likeness (QED) is 0.854. The van der Waals surface area contributed by atoms with Crippen LogP contribution in [-0.4, -0.2) is 36.6 Å². The van der Waals surface area contributed by atoms with E-state index in [0.717, 1.165) is 38.2 Å². The molecule has 1 saturated heterocycles. The average molecular weight is 349 g/mol. The zero-order valence-corrected chi connectivity index (χ0v) is 15.1. The summed E-state index contributed by atoms with van der Waals surface area (Å²) < 4.78 is 0. The number of likely N-dealkylation sites (tertiary alicyclic amines) is 1. The fraction of sp³-hybridized carbons (Fsp3) is 0.409. The number of hydrogen-bond acceptors (Lipinski definition) is 2. The summed E-state index contributed by atoms with van der Waals surface area (Å²) in [4.78, 5) is 14.3. The van der Waals surface area contributed by atoms with Gasteiger partial charge in [0.05, 0.1) is 0 Å². The molecule has 0 bridgehead atoms. The summed E-state index contributed by atoms with van der Waals surface area (Å²) in [6, 6.07) is 21.1. The van der Waals surface area contributed by atoms with Crippen LogP contribution in [0, 0.1) is 5.92 Å². The van der Waals surface area contributed by atoms with Crippen molar-refractivity contribution in [2.75, 3.05) is 25.0 Å². The summed E-state index contributed by atoms with van der Waals surface area (Å²) in [6.07, 6.45) is 3.41. The standard InChI is InChI=1S/C22H27N3O/c26-22(24-19-9-5-2-6-10-19)25-13-11-17(12-14-25)16-23-21-15-20(21)18-7-3-1-4-8-18/h1-10,17,20-21,23H,11-16H2,(H,24,26)/t20?,21-/m0/s1. The van der Waals surface area contributed by atoms with Gasteiger partial charge in [-0.25, -0.2) is 4.79 Å². The largest absolute Gasteiger partial charge is 0.325 e. The summed E-state index contributed by atoms with van der Waals surface area (Å²) in [5.41, 5.74) is 2.32. The van der Waals surface area contributed by atoms with E-state index in [1.54, 1.807) is 0 Å². The van der Waals surface area contributed by atoms with Gasteiger partial charge in [-0.05, 0) is 49.4 Å². The summed E-state index contributed by atoms with van der Waals surface area (Å²) >= 11 is 0. The lowest BCUT2D eigenvalue weighted by molar-refractivity contribution is 0.181. The van der Waals surface area contributed by atoms with E-state index in [1.165, 1.54) is 12.0 Å². The predicted molar refractivity (Wildman–Crippen MR) is 105 cm³/mol. The summed E-state index contributed by atoms with van der Waals surface area (Å²) in [6.45, 7) is 2.76. The van der Waals surface area contributed by atoms with E-state index in [0.29, 0.717) is 17.9 Å². The normalized spacial score (nSPS) is 22.8. The van der Waals surface area contributed by atoms with Gasteiger partial charge in [0.1, 0.15) is 0 Å². The zero-order chi connectivity index (χ0) is 17.8. The van der Waals surface area contributed by atoms with Gasteiger partial charge in [0.15, 0.2) is 0 Å². The number of para-hydroxylation sites is 1. The Morgan fingerprint density at radius 1 is 0.962 bits per heavy atom. The van der Waals surface area contributed by atoms with Crippen LogP contribution in [0.1, 0.15) is 30.7 Å². The number of carbonyl (C=O) groups excluding carboxylic acids is 1. The Labute approximate surface area is 155 Å². The molecule has 0 aromatic heterocycles. The van der Waals surface area contributed by atoms with Crippen molar-refractivity contribution in [3.05, 3.63) is 66.2 Å². The van der Waals surface area contributed by atoms with Gasteiger partial charge in [0.2, 0.25) is 0 Å². The third-order valence-electron chi connectivity index (χ3n) is 5.61. The molecule has 2 aromatic rings. The first-order valence-electron chi connectivity index (χ1n) is 9.69. The molecule has 0 radical (unpaired) electrons. The zero-order valence-electron chi connectivity index (χ0n) is 15.1. The molecule has 0 spiro atoms. The number of anilines is 1. The van der Waals surface area contributed by atoms with Gasteiger partial charge in [0.25, 0.3) is 0 Å². The van der Waals surface area contributed by atoms with Gasteiger partial charge in [-0.1, -0.05) is 48.5 Å². The van der Waals surface area contributed by atoms with Gasteiger partial charge >= 0.3 is 6.03 Å². The first-order chi connectivity index (χ1) is 12.8. The molecule has 4 nitrogen and oxygen atoms in total. The molecule has 26 heavy (non-hydrogen) atoms. The number of nitrogens with one attached hydrogen (secondary N) is 2. The monoisotopic (exact) mass is 349 g/mol. The molecular formula is C22H27N3O. The molecule has 1 saturated carbocycles. The minimum atomic E-state index is 0.0222. The number of hydrogen-bond donors (Lipinski definition) is 2. The lowest BCUT2D eigenvalue weighted by Gasteiger charge is -2.32. The molecular weight excluding hydrogens is 322 g/mol. The number of carbonyl (C=O) groups is 1. The number of rotatable bonds is 5. The average Bonchev–Trinajstić information content (AvgIpc) is 3.48. The lowest BCUT2D eigenvalue weighted by atomic mass is 9.97. The van der Waals surface area contributed by atoms with Crippen LogP contribution in [0.3, 0.4) is 0 Å². The van der Waals surface area contributed by atoms with Gasteiger partial charge in [-0.2, -0.15) is 0 Å². The highest BCUT2D eigenvalue weighted by atomic mass is 16.2. The van der Waals surface area contributed by atoms with Crippen LogP contribution in [0.25, 0.3) is 0 Å². The van der Waals surface area contributed by atoms with E-state index in [9.17, 15) is 4.79 Å². The van der Waals surface area contributed by atoms with Gasteiger partial charge in [-0.3, -0.25) is 0 Å². The van der Waals surface area contributed by atoms with Crippen LogP contribution in [-0.2, 0) is 0 Å². The Bertz CT molecular complexity index is 711. The van der Waals surface area contributed by atoms with E-state index in [4.69, 9.17) is 0 Å². The van der Waals surface area contributed by atoms with Crippen LogP contribution >= 0.6 is 0 Å². The number of urea groups is 1. The van der Waals surface area contributed by atoms with Crippen LogP contribution in [0.5, 0.6) is 0 Å². The molecule has 2 atom stereocenters. The van der Waals surface area contributed by atoms with Crippen molar-refractivity contribution in [3.63, 3.8) is 0 Å². The van der Waals surface area contributed by atoms with E-state index < -0.39 is 0 Å². The maximum Gasteiger partial charge on any atom is 0.321 e. The Kier molecular flexibility index (Phi) is 5.21. The van der Waals surface area contributed by atoms with E-state index in [2.05, 4.69) is 41.0 Å². The maximum absolute atomic E-state index is 12.3. The lowest BCUT2D eigenvalue weighted by Crippen LogP contribution is -2.43. The summed E-state index contributed by atoms with van der Waals surface area (Å²) in [5, 5.41) is 6.72. The van der Waals surface area contributed by atoms with Gasteiger partial charge in [-0.15, -0.1) is 0 Å². The van der Waals surface area contributed by atoms with E-state index in [1.807, 2.05) is 35.2 Å². The summed E-state index contributed by atoms with van der Waals surface area (Å²) in [7, 11) is 0. The second-order valence-electron chi connectivity index (χ2n) is 7.49. The molecule has 1 unspecified atom stereocenters. The Balaban J connectivity index is 1.17. The van der Waals surface area contributed by atoms with E-state index >= 15 is 0 Å². The number of benzene rings is 2. The van der Waals surface area contributed by atoms with Crippen molar-refractivity contribution in [1.82, 2.24) is 10.2 Å². The summed E-state index contributed by atoms with van der Waals surface area (Å²) in [5.74, 6) is 1.36. The van der Waals surface area contributed by atoms with Gasteiger partial charge < -0.3 is 15.5 Å². The third kappa shape index (κ3) is 4.25. The second kappa shape index (κ2) is 7.92. The van der Waals surface area contributed by atoms with Crippen LogP contribution in [0.2, 0.25) is 0 Å². The molecule has 4 rings (SSSR count). The Morgan fingerprint density at radius 3 is 2.31 bits per heavy atom. The molecule has 2 aromatic carbocycles. The van der Waals surface area contributed by atoms with Crippen molar-refractivity contribution in [2.24, 2.45) is 5.92 Å². The van der Waals surface area contributed by atoms with Crippen LogP contribution in [0.4, 0.5) is 10.5 Å². The molecule has 2 aliphatic rings. The van der Waals surface area contributed by atoms with Crippen molar-refractivity contribution in [1.29, 1.82) is 0 Å². The third-order valence-corrected chi connectivity index (χ3v) is 5.61. The molecule has 136 valence electrons. The molecule has 1 heterocycles. The van der Waals surface area contributed by atoms with Crippen molar-refractivity contribution < 1.29 is 4.79 Å². The molecule has 1 aliphatic carbocycles. The predicted octanol–water partition coefficient (Wildman–Crippen LogP) is 4.08. The van der Waals surface area contributed by atoms with Crippen LogP contribution in [0.15, 0.2) is 60.7 Å².